The summed E-state index contributed by atoms with van der Waals surface area (Å²) in [5.74, 6) is -9.07. The lowest BCUT2D eigenvalue weighted by molar-refractivity contribution is -0.136. The number of para-hydroxylation sites is 2. The second-order valence-electron chi connectivity index (χ2n) is 6.15. The van der Waals surface area contributed by atoms with Gasteiger partial charge in [-0.2, -0.15) is 8.78 Å². The first-order chi connectivity index (χ1) is 14.3. The Bertz CT molecular complexity index is 898. The van der Waals surface area contributed by atoms with E-state index < -0.39 is 47.4 Å². The number of hydrogen-bond acceptors (Lipinski definition) is 4. The van der Waals surface area contributed by atoms with E-state index in [1.165, 1.54) is 7.11 Å². The number of methoxy groups -OCH3 is 1. The maximum Gasteiger partial charge on any atom is 0.260 e. The van der Waals surface area contributed by atoms with E-state index in [1.807, 2.05) is 0 Å². The van der Waals surface area contributed by atoms with E-state index in [0.29, 0.717) is 17.9 Å². The summed E-state index contributed by atoms with van der Waals surface area (Å²) < 4.78 is 63.6. The molecule has 1 N–H and O–H groups in total. The fourth-order valence-electron chi connectivity index (χ4n) is 2.58. The lowest BCUT2D eigenvalue weighted by Gasteiger charge is -2.22. The molecule has 6 nitrogen and oxygen atoms in total. The van der Waals surface area contributed by atoms with Gasteiger partial charge in [0.15, 0.2) is 24.0 Å². The van der Waals surface area contributed by atoms with Crippen LogP contribution >= 0.6 is 0 Å². The van der Waals surface area contributed by atoms with Crippen LogP contribution in [0.4, 0.5) is 23.2 Å². The zero-order chi connectivity index (χ0) is 22.3. The van der Waals surface area contributed by atoms with Crippen molar-refractivity contribution in [1.82, 2.24) is 4.90 Å². The molecule has 0 atom stereocenters. The number of ether oxygens (including phenoxy) is 2. The van der Waals surface area contributed by atoms with E-state index in [-0.39, 0.29) is 19.2 Å². The highest BCUT2D eigenvalue weighted by molar-refractivity contribution is 5.95. The van der Waals surface area contributed by atoms with Crippen LogP contribution in [0.5, 0.6) is 11.5 Å². The molecular formula is C20H20F4N2O4. The molecule has 0 bridgehead atoms. The average Bonchev–Trinajstić information content (AvgIpc) is 2.72. The molecule has 2 aromatic rings. The number of rotatable bonds is 9. The van der Waals surface area contributed by atoms with Crippen molar-refractivity contribution >= 4 is 17.5 Å². The minimum absolute atomic E-state index is 0.0327. The zero-order valence-corrected chi connectivity index (χ0v) is 16.3. The molecule has 2 aromatic carbocycles. The first kappa shape index (κ1) is 23.0. The number of carbonyl (C=O) groups excluding carboxylic acids is 2. The minimum Gasteiger partial charge on any atom is -0.495 e. The van der Waals surface area contributed by atoms with Gasteiger partial charge >= 0.3 is 0 Å². The van der Waals surface area contributed by atoms with Crippen LogP contribution in [0, 0.1) is 23.3 Å². The number of anilines is 1. The second-order valence-corrected chi connectivity index (χ2v) is 6.15. The van der Waals surface area contributed by atoms with Crippen LogP contribution in [0.25, 0.3) is 0 Å². The van der Waals surface area contributed by atoms with Crippen LogP contribution in [-0.2, 0) is 9.59 Å². The molecule has 0 saturated heterocycles. The van der Waals surface area contributed by atoms with Crippen LogP contribution in [0.1, 0.15) is 13.3 Å². The van der Waals surface area contributed by atoms with E-state index in [9.17, 15) is 27.2 Å². The monoisotopic (exact) mass is 428 g/mol. The number of halogens is 4. The molecule has 0 unspecified atom stereocenters. The molecule has 162 valence electrons. The van der Waals surface area contributed by atoms with Crippen LogP contribution in [0.3, 0.4) is 0 Å². The Morgan fingerprint density at radius 2 is 1.70 bits per heavy atom. The van der Waals surface area contributed by atoms with Crippen LogP contribution < -0.4 is 14.8 Å². The third-order valence-electron chi connectivity index (χ3n) is 3.97. The van der Waals surface area contributed by atoms with E-state index in [1.54, 1.807) is 31.2 Å². The molecule has 0 heterocycles. The molecule has 2 amide bonds. The highest BCUT2D eigenvalue weighted by atomic mass is 19.2. The number of amides is 2. The molecule has 0 aromatic heterocycles. The van der Waals surface area contributed by atoms with Gasteiger partial charge < -0.3 is 19.7 Å². The van der Waals surface area contributed by atoms with Crippen molar-refractivity contribution in [2.75, 3.05) is 32.1 Å². The number of benzene rings is 2. The second kappa shape index (κ2) is 10.5. The third kappa shape index (κ3) is 5.62. The van der Waals surface area contributed by atoms with Crippen molar-refractivity contribution in [3.8, 4) is 11.5 Å². The molecule has 0 spiro atoms. The Hall–Kier alpha value is -3.30. The van der Waals surface area contributed by atoms with Crippen LogP contribution in [-0.4, -0.2) is 43.5 Å². The molecule has 0 aliphatic rings. The van der Waals surface area contributed by atoms with Gasteiger partial charge in [-0.05, 0) is 18.6 Å². The molecule has 10 heteroatoms. The molecule has 0 aliphatic carbocycles. The first-order valence-corrected chi connectivity index (χ1v) is 8.94. The topological polar surface area (TPSA) is 67.9 Å². The molecule has 0 aliphatic heterocycles. The lowest BCUT2D eigenvalue weighted by Crippen LogP contribution is -2.41. The van der Waals surface area contributed by atoms with Gasteiger partial charge in [0.1, 0.15) is 5.75 Å². The molecule has 0 saturated carbocycles. The largest absolute Gasteiger partial charge is 0.495 e. The van der Waals surface area contributed by atoms with Crippen LogP contribution in [0.2, 0.25) is 0 Å². The summed E-state index contributed by atoms with van der Waals surface area (Å²) in [7, 11) is 1.43. The van der Waals surface area contributed by atoms with E-state index in [0.717, 1.165) is 4.90 Å². The number of nitrogens with one attached hydrogen (secondary N) is 1. The summed E-state index contributed by atoms with van der Waals surface area (Å²) in [4.78, 5) is 25.8. The number of nitrogens with zero attached hydrogens (tertiary/aromatic N) is 1. The number of carbonyl (C=O) groups is 2. The lowest BCUT2D eigenvalue weighted by atomic mass is 10.3. The Morgan fingerprint density at radius 3 is 2.30 bits per heavy atom. The highest BCUT2D eigenvalue weighted by Crippen LogP contribution is 2.26. The summed E-state index contributed by atoms with van der Waals surface area (Å²) in [6, 6.07) is 6.68. The summed E-state index contributed by atoms with van der Waals surface area (Å²) >= 11 is 0. The maximum absolute atomic E-state index is 13.7. The molecule has 2 rings (SSSR count). The fourth-order valence-corrected chi connectivity index (χ4v) is 2.58. The van der Waals surface area contributed by atoms with Crippen LogP contribution in [0.15, 0.2) is 30.3 Å². The van der Waals surface area contributed by atoms with Crippen molar-refractivity contribution in [1.29, 1.82) is 0 Å². The van der Waals surface area contributed by atoms with Crippen molar-refractivity contribution < 1.29 is 36.6 Å². The zero-order valence-electron chi connectivity index (χ0n) is 16.3. The standard InChI is InChI=1S/C20H20F4N2O4/c1-3-8-26(10-16(27)25-14-6-4-5-7-15(14)29-2)17(28)11-30-20-18(23)12(21)9-13(22)19(20)24/h4-7,9H,3,8,10-11H2,1-2H3,(H,25,27). The van der Waals surface area contributed by atoms with Gasteiger partial charge in [0, 0.05) is 12.6 Å². The average molecular weight is 428 g/mol. The predicted octanol–water partition coefficient (Wildman–Crippen LogP) is 3.51. The highest BCUT2D eigenvalue weighted by Gasteiger charge is 2.23. The van der Waals surface area contributed by atoms with Gasteiger partial charge in [0.25, 0.3) is 5.91 Å². The predicted molar refractivity (Wildman–Crippen MR) is 100 cm³/mol. The molecular weight excluding hydrogens is 408 g/mol. The number of hydrogen-bond donors (Lipinski definition) is 1. The molecule has 0 radical (unpaired) electrons. The summed E-state index contributed by atoms with van der Waals surface area (Å²) in [6.07, 6.45) is 0.477. The van der Waals surface area contributed by atoms with E-state index >= 15 is 0 Å². The SMILES string of the molecule is CCCN(CC(=O)Nc1ccccc1OC)C(=O)COc1c(F)c(F)cc(F)c1F. The van der Waals surface area contributed by atoms with E-state index in [2.05, 4.69) is 10.1 Å². The van der Waals surface area contributed by atoms with Gasteiger partial charge in [-0.15, -0.1) is 0 Å². The summed E-state index contributed by atoms with van der Waals surface area (Å²) in [6.45, 7) is 0.597. The van der Waals surface area contributed by atoms with Gasteiger partial charge in [-0.25, -0.2) is 8.78 Å². The van der Waals surface area contributed by atoms with Gasteiger partial charge in [0.2, 0.25) is 17.5 Å². The molecule has 0 fully saturated rings. The summed E-state index contributed by atoms with van der Waals surface area (Å²) in [5, 5.41) is 2.59. The Balaban J connectivity index is 2.05. The van der Waals surface area contributed by atoms with Crippen molar-refractivity contribution in [3.05, 3.63) is 53.6 Å². The van der Waals surface area contributed by atoms with Gasteiger partial charge in [-0.3, -0.25) is 9.59 Å². The fraction of sp³-hybridized carbons (Fsp3) is 0.300. The van der Waals surface area contributed by atoms with E-state index in [4.69, 9.17) is 4.74 Å². The Morgan fingerprint density at radius 1 is 1.07 bits per heavy atom. The Labute approximate surface area is 170 Å². The normalized spacial score (nSPS) is 10.5. The summed E-state index contributed by atoms with van der Waals surface area (Å²) in [5.41, 5.74) is 0.393. The van der Waals surface area contributed by atoms with Gasteiger partial charge in [-0.1, -0.05) is 19.1 Å². The smallest absolute Gasteiger partial charge is 0.260 e. The maximum atomic E-state index is 13.7. The van der Waals surface area contributed by atoms with Gasteiger partial charge in [0.05, 0.1) is 19.3 Å². The third-order valence-corrected chi connectivity index (χ3v) is 3.97. The van der Waals surface area contributed by atoms with Crippen molar-refractivity contribution in [2.45, 2.75) is 13.3 Å². The van der Waals surface area contributed by atoms with Crippen molar-refractivity contribution in [3.63, 3.8) is 0 Å². The molecule has 30 heavy (non-hydrogen) atoms. The Kier molecular flexibility index (Phi) is 8.02. The van der Waals surface area contributed by atoms with Crippen molar-refractivity contribution in [2.24, 2.45) is 0 Å². The minimum atomic E-state index is -1.75. The quantitative estimate of drug-likeness (QED) is 0.490. The first-order valence-electron chi connectivity index (χ1n) is 8.94.